The molecule has 144 valence electrons. The third-order valence-corrected chi connectivity index (χ3v) is 6.08. The van der Waals surface area contributed by atoms with Gasteiger partial charge in [-0.1, -0.05) is 0 Å². The number of nitrogens with zero attached hydrogens (tertiary/aromatic N) is 1. The highest BCUT2D eigenvalue weighted by Crippen LogP contribution is 2.19. The molecular formula is C19H22FN3O3S. The Labute approximate surface area is 158 Å². The summed E-state index contributed by atoms with van der Waals surface area (Å²) in [6.45, 7) is 1.77. The first kappa shape index (κ1) is 19.3. The van der Waals surface area contributed by atoms with Gasteiger partial charge < -0.3 is 10.2 Å². The second-order valence-electron chi connectivity index (χ2n) is 6.53. The maximum atomic E-state index is 12.9. The Morgan fingerprint density at radius 1 is 1.07 bits per heavy atom. The van der Waals surface area contributed by atoms with Crippen molar-refractivity contribution >= 4 is 21.6 Å². The number of hydrogen-bond acceptors (Lipinski definition) is 4. The number of hydrogen-bond donors (Lipinski definition) is 2. The maximum Gasteiger partial charge on any atom is 0.261 e. The molecule has 0 bridgehead atoms. The van der Waals surface area contributed by atoms with Crippen molar-refractivity contribution in [1.29, 1.82) is 0 Å². The monoisotopic (exact) mass is 391 g/mol. The normalized spacial score (nSPS) is 15.3. The number of piperidine rings is 1. The minimum atomic E-state index is -3.81. The largest absolute Gasteiger partial charge is 0.339 e. The van der Waals surface area contributed by atoms with Gasteiger partial charge in [-0.05, 0) is 74.5 Å². The van der Waals surface area contributed by atoms with Crippen LogP contribution >= 0.6 is 0 Å². The van der Waals surface area contributed by atoms with Crippen LogP contribution in [0.5, 0.6) is 0 Å². The molecule has 2 aromatic rings. The van der Waals surface area contributed by atoms with E-state index in [-0.39, 0.29) is 22.5 Å². The second-order valence-corrected chi connectivity index (χ2v) is 8.22. The highest BCUT2D eigenvalue weighted by Gasteiger charge is 2.23. The molecule has 27 heavy (non-hydrogen) atoms. The van der Waals surface area contributed by atoms with Gasteiger partial charge in [0, 0.05) is 24.3 Å². The molecule has 1 heterocycles. The topological polar surface area (TPSA) is 78.5 Å². The molecule has 2 N–H and O–H groups in total. The Bertz CT molecular complexity index is 893. The van der Waals surface area contributed by atoms with E-state index in [1.165, 1.54) is 48.5 Å². The van der Waals surface area contributed by atoms with Crippen molar-refractivity contribution < 1.29 is 17.6 Å². The van der Waals surface area contributed by atoms with Crippen LogP contribution in [0.15, 0.2) is 53.4 Å². The smallest absolute Gasteiger partial charge is 0.261 e. The fourth-order valence-corrected chi connectivity index (χ4v) is 4.13. The van der Waals surface area contributed by atoms with Crippen molar-refractivity contribution in [2.24, 2.45) is 0 Å². The lowest BCUT2D eigenvalue weighted by molar-refractivity contribution is 0.0703. The number of benzene rings is 2. The van der Waals surface area contributed by atoms with Gasteiger partial charge in [0.25, 0.3) is 15.9 Å². The molecular weight excluding hydrogens is 369 g/mol. The van der Waals surface area contributed by atoms with E-state index in [1.807, 2.05) is 0 Å². The van der Waals surface area contributed by atoms with E-state index in [0.29, 0.717) is 5.56 Å². The van der Waals surface area contributed by atoms with Crippen LogP contribution in [0.25, 0.3) is 0 Å². The van der Waals surface area contributed by atoms with Gasteiger partial charge >= 0.3 is 0 Å². The average molecular weight is 391 g/mol. The summed E-state index contributed by atoms with van der Waals surface area (Å²) in [5, 5.41) is 3.26. The second kappa shape index (κ2) is 8.06. The van der Waals surface area contributed by atoms with Crippen LogP contribution in [-0.4, -0.2) is 45.4 Å². The molecule has 6 nitrogen and oxygen atoms in total. The molecule has 2 aromatic carbocycles. The van der Waals surface area contributed by atoms with Gasteiger partial charge in [0.15, 0.2) is 0 Å². The molecule has 8 heteroatoms. The lowest BCUT2D eigenvalue weighted by Crippen LogP contribution is -2.43. The fraction of sp³-hybridized carbons (Fsp3) is 0.316. The summed E-state index contributed by atoms with van der Waals surface area (Å²) < 4.78 is 40.2. The zero-order valence-corrected chi connectivity index (χ0v) is 15.8. The summed E-state index contributed by atoms with van der Waals surface area (Å²) in [6, 6.07) is 11.1. The molecule has 0 radical (unpaired) electrons. The predicted octanol–water partition coefficient (Wildman–Crippen LogP) is 2.45. The first-order valence-corrected chi connectivity index (χ1v) is 10.2. The number of anilines is 1. The molecule has 0 spiro atoms. The molecule has 3 rings (SSSR count). The number of sulfonamides is 1. The summed E-state index contributed by atoms with van der Waals surface area (Å²) >= 11 is 0. The Kier molecular flexibility index (Phi) is 5.76. The van der Waals surface area contributed by atoms with Gasteiger partial charge in [-0.15, -0.1) is 0 Å². The molecule has 1 saturated heterocycles. The molecule has 1 fully saturated rings. The zero-order chi connectivity index (χ0) is 19.4. The van der Waals surface area contributed by atoms with Crippen LogP contribution in [0.4, 0.5) is 10.1 Å². The molecule has 0 aromatic heterocycles. The summed E-state index contributed by atoms with van der Waals surface area (Å²) in [6.07, 6.45) is 1.80. The molecule has 0 aliphatic carbocycles. The van der Waals surface area contributed by atoms with E-state index in [9.17, 15) is 17.6 Å². The first-order valence-electron chi connectivity index (χ1n) is 8.73. The van der Waals surface area contributed by atoms with Gasteiger partial charge in [0.1, 0.15) is 5.82 Å². The van der Waals surface area contributed by atoms with Gasteiger partial charge in [-0.25, -0.2) is 12.8 Å². The van der Waals surface area contributed by atoms with Crippen molar-refractivity contribution in [3.05, 3.63) is 59.9 Å². The maximum absolute atomic E-state index is 12.9. The molecule has 0 unspecified atom stereocenters. The summed E-state index contributed by atoms with van der Waals surface area (Å²) in [7, 11) is -2.04. The molecule has 1 aliphatic heterocycles. The number of carbonyl (C=O) groups excluding carboxylic acids is 1. The average Bonchev–Trinajstić information content (AvgIpc) is 2.69. The zero-order valence-electron chi connectivity index (χ0n) is 15.0. The standard InChI is InChI=1S/C19H22FN3O3S/c1-23(17-10-12-21-13-11-17)19(24)14-2-8-18(9-3-14)27(25,26)22-16-6-4-15(20)5-7-16/h2-9,17,21-22H,10-13H2,1H3. The van der Waals surface area contributed by atoms with E-state index < -0.39 is 15.8 Å². The van der Waals surface area contributed by atoms with Crippen molar-refractivity contribution in [3.63, 3.8) is 0 Å². The van der Waals surface area contributed by atoms with Crippen molar-refractivity contribution in [3.8, 4) is 0 Å². The van der Waals surface area contributed by atoms with Crippen LogP contribution in [0.2, 0.25) is 0 Å². The Morgan fingerprint density at radius 2 is 1.67 bits per heavy atom. The number of rotatable bonds is 5. The Morgan fingerprint density at radius 3 is 2.26 bits per heavy atom. The third-order valence-electron chi connectivity index (χ3n) is 4.68. The molecule has 0 atom stereocenters. The fourth-order valence-electron chi connectivity index (χ4n) is 3.07. The van der Waals surface area contributed by atoms with Gasteiger partial charge in [-0.2, -0.15) is 0 Å². The van der Waals surface area contributed by atoms with Gasteiger partial charge in [0.2, 0.25) is 0 Å². The SMILES string of the molecule is CN(C(=O)c1ccc(S(=O)(=O)Nc2ccc(F)cc2)cc1)C1CCNCC1. The quantitative estimate of drug-likeness (QED) is 0.821. The van der Waals surface area contributed by atoms with Gasteiger partial charge in [-0.3, -0.25) is 9.52 Å². The molecule has 0 saturated carbocycles. The predicted molar refractivity (Wildman–Crippen MR) is 102 cm³/mol. The lowest BCUT2D eigenvalue weighted by atomic mass is 10.0. The van der Waals surface area contributed by atoms with Crippen LogP contribution in [0, 0.1) is 5.82 Å². The van der Waals surface area contributed by atoms with Gasteiger partial charge in [0.05, 0.1) is 4.90 Å². The van der Waals surface area contributed by atoms with Crippen molar-refractivity contribution in [2.45, 2.75) is 23.8 Å². The number of halogens is 1. The van der Waals surface area contributed by atoms with E-state index in [4.69, 9.17) is 0 Å². The van der Waals surface area contributed by atoms with Crippen molar-refractivity contribution in [2.75, 3.05) is 24.9 Å². The first-order chi connectivity index (χ1) is 12.9. The minimum absolute atomic E-state index is 0.0351. The Hall–Kier alpha value is -2.45. The number of carbonyl (C=O) groups is 1. The van der Waals surface area contributed by atoms with Crippen LogP contribution in [0.3, 0.4) is 0 Å². The highest BCUT2D eigenvalue weighted by atomic mass is 32.2. The molecule has 1 amide bonds. The van der Waals surface area contributed by atoms with E-state index >= 15 is 0 Å². The van der Waals surface area contributed by atoms with E-state index in [1.54, 1.807) is 11.9 Å². The van der Waals surface area contributed by atoms with Crippen LogP contribution in [-0.2, 0) is 10.0 Å². The van der Waals surface area contributed by atoms with E-state index in [0.717, 1.165) is 25.9 Å². The number of amides is 1. The summed E-state index contributed by atoms with van der Waals surface area (Å²) in [5.74, 6) is -0.573. The lowest BCUT2D eigenvalue weighted by Gasteiger charge is -2.31. The Balaban J connectivity index is 1.71. The summed E-state index contributed by atoms with van der Waals surface area (Å²) in [4.78, 5) is 14.4. The minimum Gasteiger partial charge on any atom is -0.339 e. The van der Waals surface area contributed by atoms with Crippen molar-refractivity contribution in [1.82, 2.24) is 10.2 Å². The van der Waals surface area contributed by atoms with E-state index in [2.05, 4.69) is 10.0 Å². The highest BCUT2D eigenvalue weighted by molar-refractivity contribution is 7.92. The van der Waals surface area contributed by atoms with Crippen LogP contribution in [0.1, 0.15) is 23.2 Å². The summed E-state index contributed by atoms with van der Waals surface area (Å²) in [5.41, 5.74) is 0.707. The third kappa shape index (κ3) is 4.64. The molecule has 1 aliphatic rings. The van der Waals surface area contributed by atoms with Crippen LogP contribution < -0.4 is 10.0 Å². The number of nitrogens with one attached hydrogen (secondary N) is 2.